The SMILES string of the molecule is C[C@H](O)[C@]1(O)CC[C@@]2(O)[C@]1(C)[C@H](OC(=O)C=Cc1ccccc1)C[C@H]1[C@@]2(O)C=C[C@@]2(O)C[C@@H](O)CC[C@]12C. The Balaban J connectivity index is 1.60. The van der Waals surface area contributed by atoms with E-state index in [1.165, 1.54) is 25.2 Å². The largest absolute Gasteiger partial charge is 0.458 e. The molecule has 38 heavy (non-hydrogen) atoms. The number of hydrogen-bond acceptors (Lipinski definition) is 8. The van der Waals surface area contributed by atoms with Crippen LogP contribution < -0.4 is 0 Å². The molecule has 3 saturated carbocycles. The van der Waals surface area contributed by atoms with Gasteiger partial charge in [0.1, 0.15) is 22.9 Å². The van der Waals surface area contributed by atoms with E-state index < -0.39 is 63.4 Å². The maximum atomic E-state index is 13.1. The average molecular weight is 529 g/mol. The normalized spacial score (nSPS) is 48.7. The third-order valence-corrected chi connectivity index (χ3v) is 11.0. The number of benzene rings is 1. The number of esters is 1. The Morgan fingerprint density at radius 1 is 1.05 bits per heavy atom. The maximum Gasteiger partial charge on any atom is 0.331 e. The molecule has 0 spiro atoms. The molecule has 10 atom stereocenters. The highest BCUT2D eigenvalue weighted by atomic mass is 16.5. The quantitative estimate of drug-likeness (QED) is 0.197. The molecule has 0 bridgehead atoms. The van der Waals surface area contributed by atoms with E-state index in [1.54, 1.807) is 13.0 Å². The third kappa shape index (κ3) is 3.41. The summed E-state index contributed by atoms with van der Waals surface area (Å²) in [7, 11) is 0. The predicted molar refractivity (Wildman–Crippen MR) is 139 cm³/mol. The van der Waals surface area contributed by atoms with Crippen LogP contribution in [-0.4, -0.2) is 77.3 Å². The van der Waals surface area contributed by atoms with Crippen LogP contribution in [0.2, 0.25) is 0 Å². The Bertz CT molecular complexity index is 1150. The summed E-state index contributed by atoms with van der Waals surface area (Å²) < 4.78 is 5.99. The number of carbonyl (C=O) groups excluding carboxylic acids is 1. The first-order chi connectivity index (χ1) is 17.7. The first kappa shape index (κ1) is 27.5. The van der Waals surface area contributed by atoms with E-state index in [0.29, 0.717) is 12.8 Å². The topological polar surface area (TPSA) is 148 Å². The highest BCUT2D eigenvalue weighted by Gasteiger charge is 2.82. The zero-order valence-electron chi connectivity index (χ0n) is 22.2. The highest BCUT2D eigenvalue weighted by molar-refractivity contribution is 5.87. The molecule has 0 amide bonds. The van der Waals surface area contributed by atoms with E-state index in [0.717, 1.165) is 5.56 Å². The van der Waals surface area contributed by atoms with Crippen LogP contribution in [0.1, 0.15) is 64.9 Å². The van der Waals surface area contributed by atoms with Crippen LogP contribution in [0.5, 0.6) is 0 Å². The van der Waals surface area contributed by atoms with E-state index in [-0.39, 0.29) is 25.7 Å². The number of hydrogen-bond donors (Lipinski definition) is 6. The predicted octanol–water partition coefficient (Wildman–Crippen LogP) is 1.86. The van der Waals surface area contributed by atoms with Gasteiger partial charge >= 0.3 is 5.97 Å². The Morgan fingerprint density at radius 3 is 2.39 bits per heavy atom. The van der Waals surface area contributed by atoms with Crippen molar-refractivity contribution in [2.24, 2.45) is 16.7 Å². The van der Waals surface area contributed by atoms with Crippen LogP contribution >= 0.6 is 0 Å². The van der Waals surface area contributed by atoms with Crippen LogP contribution in [0.15, 0.2) is 48.6 Å². The lowest BCUT2D eigenvalue weighted by atomic mass is 9.41. The zero-order valence-corrected chi connectivity index (χ0v) is 22.2. The van der Waals surface area contributed by atoms with Crippen molar-refractivity contribution in [3.63, 3.8) is 0 Å². The molecule has 0 heterocycles. The van der Waals surface area contributed by atoms with Gasteiger partial charge < -0.3 is 35.4 Å². The molecule has 0 aromatic heterocycles. The summed E-state index contributed by atoms with van der Waals surface area (Å²) in [5.41, 5.74) is -8.97. The Morgan fingerprint density at radius 2 is 1.74 bits per heavy atom. The van der Waals surface area contributed by atoms with Gasteiger partial charge in [-0.05, 0) is 50.7 Å². The van der Waals surface area contributed by atoms with E-state index >= 15 is 0 Å². The summed E-state index contributed by atoms with van der Waals surface area (Å²) in [5, 5.41) is 69.4. The number of carbonyl (C=O) groups is 1. The Labute approximate surface area is 223 Å². The van der Waals surface area contributed by atoms with E-state index in [1.807, 2.05) is 37.3 Å². The molecule has 4 aliphatic carbocycles. The molecular formula is C30H40O8. The monoisotopic (exact) mass is 528 g/mol. The molecule has 1 aromatic rings. The van der Waals surface area contributed by atoms with Crippen molar-refractivity contribution in [2.45, 2.75) is 100 Å². The van der Waals surface area contributed by atoms with Crippen molar-refractivity contribution in [1.82, 2.24) is 0 Å². The van der Waals surface area contributed by atoms with Gasteiger partial charge in [0, 0.05) is 23.8 Å². The van der Waals surface area contributed by atoms with E-state index in [4.69, 9.17) is 4.74 Å². The Hall–Kier alpha value is -2.07. The summed E-state index contributed by atoms with van der Waals surface area (Å²) >= 11 is 0. The van der Waals surface area contributed by atoms with Gasteiger partial charge in [0.05, 0.1) is 23.2 Å². The second kappa shape index (κ2) is 8.71. The molecular weight excluding hydrogens is 488 g/mol. The van der Waals surface area contributed by atoms with Gasteiger partial charge in [-0.25, -0.2) is 4.79 Å². The lowest BCUT2D eigenvalue weighted by Crippen LogP contribution is -2.80. The number of rotatable bonds is 4. The van der Waals surface area contributed by atoms with Gasteiger partial charge in [-0.2, -0.15) is 0 Å². The lowest BCUT2D eigenvalue weighted by molar-refractivity contribution is -0.326. The van der Waals surface area contributed by atoms with Gasteiger partial charge in [-0.1, -0.05) is 56.3 Å². The second-order valence-electron chi connectivity index (χ2n) is 12.5. The molecule has 8 heteroatoms. The molecule has 3 fully saturated rings. The van der Waals surface area contributed by atoms with Crippen molar-refractivity contribution < 1.29 is 40.2 Å². The van der Waals surface area contributed by atoms with Crippen LogP contribution in [0.4, 0.5) is 0 Å². The Kier molecular flexibility index (Phi) is 6.31. The van der Waals surface area contributed by atoms with Crippen molar-refractivity contribution in [3.8, 4) is 0 Å². The zero-order chi connectivity index (χ0) is 27.8. The van der Waals surface area contributed by atoms with Gasteiger partial charge in [0.2, 0.25) is 0 Å². The van der Waals surface area contributed by atoms with Crippen LogP contribution in [0, 0.1) is 16.7 Å². The van der Waals surface area contributed by atoms with E-state index in [2.05, 4.69) is 0 Å². The fourth-order valence-electron chi connectivity index (χ4n) is 8.42. The van der Waals surface area contributed by atoms with Gasteiger partial charge in [0.25, 0.3) is 0 Å². The fraction of sp³-hybridized carbons (Fsp3) is 0.633. The van der Waals surface area contributed by atoms with Crippen LogP contribution in [-0.2, 0) is 9.53 Å². The maximum absolute atomic E-state index is 13.1. The van der Waals surface area contributed by atoms with Crippen LogP contribution in [0.25, 0.3) is 6.08 Å². The molecule has 4 aliphatic rings. The smallest absolute Gasteiger partial charge is 0.331 e. The third-order valence-electron chi connectivity index (χ3n) is 11.0. The molecule has 0 radical (unpaired) electrons. The van der Waals surface area contributed by atoms with E-state index in [9.17, 15) is 35.4 Å². The standard InChI is InChI=1S/C30H40O8/c1-19(31)28(35)15-16-30(37)26(28,3)23(38-24(33)10-9-20-7-5-4-6-8-20)17-22-25(2)12-11-21(32)18-27(25,34)13-14-29(22,30)36/h4-10,13-14,19,21-23,31-32,34-37H,11-12,15-18H2,1-3H3/t19-,21-,22+,23+,25+,26+,27+,28+,29-,30+/m0/s1. The van der Waals surface area contributed by atoms with Crippen molar-refractivity contribution in [1.29, 1.82) is 0 Å². The van der Waals surface area contributed by atoms with Crippen molar-refractivity contribution >= 4 is 12.0 Å². The molecule has 0 unspecified atom stereocenters. The minimum absolute atomic E-state index is 0.0197. The van der Waals surface area contributed by atoms with Gasteiger partial charge in [0.15, 0.2) is 0 Å². The molecule has 5 rings (SSSR count). The first-order valence-corrected chi connectivity index (χ1v) is 13.6. The summed E-state index contributed by atoms with van der Waals surface area (Å²) in [5.74, 6) is -1.44. The molecule has 6 N–H and O–H groups in total. The first-order valence-electron chi connectivity index (χ1n) is 13.6. The molecule has 0 saturated heterocycles. The summed E-state index contributed by atoms with van der Waals surface area (Å²) in [6, 6.07) is 9.22. The molecule has 208 valence electrons. The fourth-order valence-corrected chi connectivity index (χ4v) is 8.42. The van der Waals surface area contributed by atoms with Crippen molar-refractivity contribution in [2.75, 3.05) is 0 Å². The average Bonchev–Trinajstić information content (AvgIpc) is 3.10. The van der Waals surface area contributed by atoms with Crippen LogP contribution in [0.3, 0.4) is 0 Å². The number of ether oxygens (including phenoxy) is 1. The second-order valence-corrected chi connectivity index (χ2v) is 12.5. The molecule has 8 nitrogen and oxygen atoms in total. The minimum atomic E-state index is -1.99. The summed E-state index contributed by atoms with van der Waals surface area (Å²) in [4.78, 5) is 13.1. The highest BCUT2D eigenvalue weighted by Crippen LogP contribution is 2.71. The molecule has 0 aliphatic heterocycles. The molecule has 1 aromatic carbocycles. The van der Waals surface area contributed by atoms with Gasteiger partial charge in [-0.15, -0.1) is 0 Å². The summed E-state index contributed by atoms with van der Waals surface area (Å²) in [6.45, 7) is 4.84. The minimum Gasteiger partial charge on any atom is -0.458 e. The van der Waals surface area contributed by atoms with Crippen molar-refractivity contribution in [3.05, 3.63) is 54.1 Å². The summed E-state index contributed by atoms with van der Waals surface area (Å²) in [6.07, 6.45) is 3.56. The lowest BCUT2D eigenvalue weighted by Gasteiger charge is -2.68. The number of aliphatic hydroxyl groups excluding tert-OH is 2. The van der Waals surface area contributed by atoms with Gasteiger partial charge in [-0.3, -0.25) is 0 Å². The number of fused-ring (bicyclic) bond motifs is 5. The number of aliphatic hydroxyl groups is 6.